The Morgan fingerprint density at radius 3 is 2.29 bits per heavy atom. The summed E-state index contributed by atoms with van der Waals surface area (Å²) < 4.78 is 4.99. The van der Waals surface area contributed by atoms with E-state index in [0.717, 1.165) is 0 Å². The summed E-state index contributed by atoms with van der Waals surface area (Å²) >= 11 is 0. The Kier molecular flexibility index (Phi) is 4.56. The number of aliphatic hydroxyl groups excluding tert-OH is 1. The zero-order valence-corrected chi connectivity index (χ0v) is 8.90. The molecule has 2 atom stereocenters. The van der Waals surface area contributed by atoms with Crippen LogP contribution in [0.15, 0.2) is 0 Å². The number of aliphatic hydroxyl groups is 1. The zero-order chi connectivity index (χ0) is 11.4. The van der Waals surface area contributed by atoms with Gasteiger partial charge in [-0.1, -0.05) is 0 Å². The van der Waals surface area contributed by atoms with E-state index in [1.807, 2.05) is 0 Å². The first-order chi connectivity index (χ1) is 6.28. The molecule has 0 unspecified atom stereocenters. The van der Waals surface area contributed by atoms with Gasteiger partial charge in [-0.2, -0.15) is 0 Å². The maximum Gasteiger partial charge on any atom is 0.331 e. The average Bonchev–Trinajstić information content (AvgIpc) is 1.95. The van der Waals surface area contributed by atoms with Gasteiger partial charge in [0.2, 0.25) is 6.41 Å². The number of esters is 1. The molecule has 0 fully saturated rings. The minimum Gasteiger partial charge on any atom is -0.458 e. The van der Waals surface area contributed by atoms with E-state index in [0.29, 0.717) is 6.41 Å². The van der Waals surface area contributed by atoms with Crippen molar-refractivity contribution in [2.24, 2.45) is 0 Å². The molecule has 0 saturated heterocycles. The van der Waals surface area contributed by atoms with Crippen LogP contribution >= 0.6 is 0 Å². The minimum absolute atomic E-state index is 0.362. The number of hydrogen-bond donors (Lipinski definition) is 2. The van der Waals surface area contributed by atoms with Gasteiger partial charge >= 0.3 is 5.97 Å². The van der Waals surface area contributed by atoms with Gasteiger partial charge in [-0.25, -0.2) is 4.79 Å². The van der Waals surface area contributed by atoms with Crippen LogP contribution in [-0.4, -0.2) is 35.2 Å². The van der Waals surface area contributed by atoms with Crippen LogP contribution in [0.25, 0.3) is 0 Å². The Hall–Kier alpha value is -1.10. The number of amides is 1. The third kappa shape index (κ3) is 4.81. The van der Waals surface area contributed by atoms with Crippen LogP contribution in [-0.2, 0) is 14.3 Å². The molecule has 0 radical (unpaired) electrons. The van der Waals surface area contributed by atoms with Crippen LogP contribution in [0.1, 0.15) is 27.7 Å². The topological polar surface area (TPSA) is 75.6 Å². The number of hydrogen-bond acceptors (Lipinski definition) is 4. The van der Waals surface area contributed by atoms with E-state index < -0.39 is 23.7 Å². The molecule has 0 spiro atoms. The van der Waals surface area contributed by atoms with Crippen molar-refractivity contribution in [1.82, 2.24) is 5.32 Å². The van der Waals surface area contributed by atoms with Gasteiger partial charge in [-0.3, -0.25) is 4.79 Å². The normalized spacial score (nSPS) is 15.5. The first-order valence-corrected chi connectivity index (χ1v) is 4.38. The smallest absolute Gasteiger partial charge is 0.331 e. The zero-order valence-electron chi connectivity index (χ0n) is 8.90. The highest BCUT2D eigenvalue weighted by molar-refractivity contribution is 5.79. The molecule has 0 bridgehead atoms. The maximum absolute atomic E-state index is 11.4. The fraction of sp³-hybridized carbons (Fsp3) is 0.778. The quantitative estimate of drug-likeness (QED) is 0.491. The van der Waals surface area contributed by atoms with Crippen LogP contribution in [0, 0.1) is 0 Å². The molecule has 0 aliphatic heterocycles. The highest BCUT2D eigenvalue weighted by Crippen LogP contribution is 2.09. The van der Waals surface area contributed by atoms with Crippen molar-refractivity contribution in [1.29, 1.82) is 0 Å². The maximum atomic E-state index is 11.4. The lowest BCUT2D eigenvalue weighted by molar-refractivity contribution is -0.160. The summed E-state index contributed by atoms with van der Waals surface area (Å²) in [6.45, 7) is 6.55. The lowest BCUT2D eigenvalue weighted by atomic mass is 10.1. The van der Waals surface area contributed by atoms with E-state index in [4.69, 9.17) is 4.74 Å². The van der Waals surface area contributed by atoms with E-state index in [1.54, 1.807) is 20.8 Å². The van der Waals surface area contributed by atoms with Crippen molar-refractivity contribution in [2.45, 2.75) is 45.4 Å². The molecular weight excluding hydrogens is 186 g/mol. The Morgan fingerprint density at radius 1 is 1.50 bits per heavy atom. The first-order valence-electron chi connectivity index (χ1n) is 4.38. The molecule has 14 heavy (non-hydrogen) atoms. The van der Waals surface area contributed by atoms with Crippen LogP contribution < -0.4 is 5.32 Å². The second-order valence-corrected chi connectivity index (χ2v) is 4.04. The number of nitrogens with one attached hydrogen (secondary N) is 1. The molecule has 0 aromatic rings. The lowest BCUT2D eigenvalue weighted by Crippen LogP contribution is -2.47. The number of carbonyl (C=O) groups is 2. The second kappa shape index (κ2) is 4.95. The van der Waals surface area contributed by atoms with E-state index in [9.17, 15) is 14.7 Å². The number of ether oxygens (including phenoxy) is 1. The van der Waals surface area contributed by atoms with Crippen LogP contribution in [0.3, 0.4) is 0 Å². The average molecular weight is 203 g/mol. The molecule has 0 aliphatic rings. The molecule has 0 heterocycles. The van der Waals surface area contributed by atoms with Crippen molar-refractivity contribution < 1.29 is 19.4 Å². The monoisotopic (exact) mass is 203 g/mol. The second-order valence-electron chi connectivity index (χ2n) is 4.04. The van der Waals surface area contributed by atoms with Gasteiger partial charge in [0.15, 0.2) is 6.04 Å². The molecule has 0 saturated carbocycles. The van der Waals surface area contributed by atoms with E-state index >= 15 is 0 Å². The van der Waals surface area contributed by atoms with Crippen LogP contribution in [0.4, 0.5) is 0 Å². The predicted octanol–water partition coefficient (Wildman–Crippen LogP) is -0.177. The van der Waals surface area contributed by atoms with Gasteiger partial charge in [0, 0.05) is 0 Å². The summed E-state index contributed by atoms with van der Waals surface area (Å²) in [5, 5.41) is 11.4. The molecule has 0 aliphatic carbocycles. The third-order valence-electron chi connectivity index (χ3n) is 1.39. The minimum atomic E-state index is -1.01. The first kappa shape index (κ1) is 12.9. The molecule has 0 aromatic heterocycles. The van der Waals surface area contributed by atoms with Gasteiger partial charge in [0.1, 0.15) is 5.60 Å². The van der Waals surface area contributed by atoms with Crippen molar-refractivity contribution >= 4 is 12.4 Å². The van der Waals surface area contributed by atoms with E-state index in [2.05, 4.69) is 5.32 Å². The molecule has 0 rings (SSSR count). The predicted molar refractivity (Wildman–Crippen MR) is 50.5 cm³/mol. The number of rotatable bonds is 4. The summed E-state index contributed by atoms with van der Waals surface area (Å²) in [5.74, 6) is -0.639. The number of carbonyl (C=O) groups excluding carboxylic acids is 2. The molecule has 5 heteroatoms. The summed E-state index contributed by atoms with van der Waals surface area (Å²) in [4.78, 5) is 21.5. The van der Waals surface area contributed by atoms with Gasteiger partial charge < -0.3 is 15.2 Å². The molecule has 82 valence electrons. The highest BCUT2D eigenvalue weighted by Gasteiger charge is 2.28. The fourth-order valence-corrected chi connectivity index (χ4v) is 0.843. The van der Waals surface area contributed by atoms with E-state index in [-0.39, 0.29) is 0 Å². The molecule has 0 aromatic carbocycles. The molecule has 5 nitrogen and oxygen atoms in total. The Labute approximate surface area is 83.4 Å². The summed E-state index contributed by atoms with van der Waals surface area (Å²) in [7, 11) is 0. The SMILES string of the molecule is C[C@@H](O)[C@H](NC=O)C(=O)OC(C)(C)C. The molecule has 1 amide bonds. The van der Waals surface area contributed by atoms with Crippen molar-refractivity contribution in [3.05, 3.63) is 0 Å². The fourth-order valence-electron chi connectivity index (χ4n) is 0.843. The van der Waals surface area contributed by atoms with Crippen molar-refractivity contribution in [3.63, 3.8) is 0 Å². The van der Waals surface area contributed by atoms with Crippen molar-refractivity contribution in [3.8, 4) is 0 Å². The van der Waals surface area contributed by atoms with E-state index in [1.165, 1.54) is 6.92 Å². The summed E-state index contributed by atoms with van der Waals surface area (Å²) in [6, 6.07) is -1.01. The molecule has 2 N–H and O–H groups in total. The lowest BCUT2D eigenvalue weighted by Gasteiger charge is -2.24. The van der Waals surface area contributed by atoms with Crippen LogP contribution in [0.2, 0.25) is 0 Å². The van der Waals surface area contributed by atoms with Gasteiger partial charge in [-0.05, 0) is 27.7 Å². The van der Waals surface area contributed by atoms with Crippen molar-refractivity contribution in [2.75, 3.05) is 0 Å². The summed E-state index contributed by atoms with van der Waals surface area (Å²) in [6.07, 6.45) is -0.614. The largest absolute Gasteiger partial charge is 0.458 e. The Bertz CT molecular complexity index is 207. The Morgan fingerprint density at radius 2 is 2.00 bits per heavy atom. The highest BCUT2D eigenvalue weighted by atomic mass is 16.6. The molecular formula is C9H17NO4. The third-order valence-corrected chi connectivity index (χ3v) is 1.39. The van der Waals surface area contributed by atoms with Gasteiger partial charge in [0.25, 0.3) is 0 Å². The van der Waals surface area contributed by atoms with Gasteiger partial charge in [0.05, 0.1) is 6.10 Å². The Balaban J connectivity index is 4.37. The van der Waals surface area contributed by atoms with Gasteiger partial charge in [-0.15, -0.1) is 0 Å². The summed E-state index contributed by atoms with van der Waals surface area (Å²) in [5.41, 5.74) is -0.630. The standard InChI is InChI=1S/C9H17NO4/c1-6(12)7(10-5-11)8(13)14-9(2,3)4/h5-7,12H,1-4H3,(H,10,11)/t6-,7+/m1/s1. The van der Waals surface area contributed by atoms with Crippen LogP contribution in [0.5, 0.6) is 0 Å².